The maximum atomic E-state index is 12.8. The lowest BCUT2D eigenvalue weighted by molar-refractivity contribution is 0.0698. The smallest absolute Gasteiger partial charge is 0.336 e. The van der Waals surface area contributed by atoms with Gasteiger partial charge in [0.15, 0.2) is 0 Å². The van der Waals surface area contributed by atoms with Crippen LogP contribution in [0, 0.1) is 0 Å². The summed E-state index contributed by atoms with van der Waals surface area (Å²) < 4.78 is 26.9. The molecule has 1 aromatic heterocycles. The number of aromatic nitrogens is 1. The lowest BCUT2D eigenvalue weighted by Crippen LogP contribution is -2.31. The van der Waals surface area contributed by atoms with E-state index in [1.54, 1.807) is 6.92 Å². The predicted octanol–water partition coefficient (Wildman–Crippen LogP) is 2.04. The van der Waals surface area contributed by atoms with E-state index >= 15 is 0 Å². The summed E-state index contributed by atoms with van der Waals surface area (Å²) in [6.07, 6.45) is 1.61. The maximum Gasteiger partial charge on any atom is 0.336 e. The summed E-state index contributed by atoms with van der Waals surface area (Å²) in [6.45, 7) is 4.48. The average molecular weight is 352 g/mol. The van der Waals surface area contributed by atoms with Crippen LogP contribution in [0.1, 0.15) is 37.0 Å². The summed E-state index contributed by atoms with van der Waals surface area (Å²) in [6, 6.07) is 5.06. The monoisotopic (exact) mass is 352 g/mol. The highest BCUT2D eigenvalue weighted by Gasteiger charge is 2.23. The van der Waals surface area contributed by atoms with Crippen LogP contribution in [0.25, 0.3) is 10.9 Å². The molecular formula is C16H20N2O5S. The number of carbonyl (C=O) groups is 1. The molecular weight excluding hydrogens is 332 g/mol. The summed E-state index contributed by atoms with van der Waals surface area (Å²) in [7, 11) is -3.72. The first-order chi connectivity index (χ1) is 11.3. The molecule has 0 spiro atoms. The average Bonchev–Trinajstić information content (AvgIpc) is 2.53. The number of nitrogens with one attached hydrogen (secondary N) is 1. The standard InChI is InChI=1S/C16H20N2O5S/c1-3-5-8-18(4-2)24(22,23)11-6-7-14-12(9-11)13(16(20)21)10-15(19)17-14/h6-7,9-10H,3-5,8H2,1-2H3,(H,17,19)(H,20,21). The topological polar surface area (TPSA) is 108 Å². The van der Waals surface area contributed by atoms with Gasteiger partial charge < -0.3 is 10.1 Å². The molecule has 0 unspecified atom stereocenters. The number of carboxylic acid groups (broad SMARTS) is 1. The fourth-order valence-corrected chi connectivity index (χ4v) is 4.02. The van der Waals surface area contributed by atoms with E-state index in [2.05, 4.69) is 4.98 Å². The van der Waals surface area contributed by atoms with Crippen molar-refractivity contribution < 1.29 is 18.3 Å². The minimum absolute atomic E-state index is 0.0162. The Morgan fingerprint density at radius 2 is 1.96 bits per heavy atom. The number of aromatic carboxylic acids is 1. The number of sulfonamides is 1. The van der Waals surface area contributed by atoms with Gasteiger partial charge in [-0.05, 0) is 24.6 Å². The van der Waals surface area contributed by atoms with Crippen molar-refractivity contribution in [3.8, 4) is 0 Å². The van der Waals surface area contributed by atoms with Gasteiger partial charge in [0.05, 0.1) is 10.5 Å². The number of benzene rings is 1. The number of aromatic amines is 1. The molecule has 0 atom stereocenters. The molecule has 0 bridgehead atoms. The van der Waals surface area contributed by atoms with Crippen LogP contribution in [0.2, 0.25) is 0 Å². The van der Waals surface area contributed by atoms with Gasteiger partial charge in [0, 0.05) is 30.1 Å². The van der Waals surface area contributed by atoms with Crippen LogP contribution in [0.5, 0.6) is 0 Å². The van der Waals surface area contributed by atoms with Gasteiger partial charge in [0.2, 0.25) is 15.6 Å². The highest BCUT2D eigenvalue weighted by atomic mass is 32.2. The van der Waals surface area contributed by atoms with E-state index in [0.717, 1.165) is 18.9 Å². The molecule has 0 aliphatic rings. The quantitative estimate of drug-likeness (QED) is 0.793. The van der Waals surface area contributed by atoms with Gasteiger partial charge in [0.1, 0.15) is 0 Å². The minimum atomic E-state index is -3.72. The Hall–Kier alpha value is -2.19. The van der Waals surface area contributed by atoms with Crippen molar-refractivity contribution in [2.24, 2.45) is 0 Å². The van der Waals surface area contributed by atoms with E-state index in [9.17, 15) is 23.1 Å². The molecule has 8 heteroatoms. The number of pyridine rings is 1. The first-order valence-corrected chi connectivity index (χ1v) is 9.15. The Bertz CT molecular complexity index is 918. The van der Waals surface area contributed by atoms with Crippen molar-refractivity contribution in [3.05, 3.63) is 40.2 Å². The van der Waals surface area contributed by atoms with Crippen LogP contribution >= 0.6 is 0 Å². The Morgan fingerprint density at radius 3 is 2.54 bits per heavy atom. The van der Waals surface area contributed by atoms with E-state index in [1.807, 2.05) is 6.92 Å². The number of fused-ring (bicyclic) bond motifs is 1. The zero-order chi connectivity index (χ0) is 17.9. The van der Waals surface area contributed by atoms with Crippen LogP contribution < -0.4 is 5.56 Å². The van der Waals surface area contributed by atoms with E-state index in [0.29, 0.717) is 13.1 Å². The van der Waals surface area contributed by atoms with Gasteiger partial charge in [-0.1, -0.05) is 20.3 Å². The van der Waals surface area contributed by atoms with Crippen molar-refractivity contribution in [2.45, 2.75) is 31.6 Å². The maximum absolute atomic E-state index is 12.8. The molecule has 0 saturated carbocycles. The molecule has 1 heterocycles. The van der Waals surface area contributed by atoms with Crippen molar-refractivity contribution in [1.29, 1.82) is 0 Å². The first-order valence-electron chi connectivity index (χ1n) is 7.71. The third-order valence-electron chi connectivity index (χ3n) is 3.80. The Labute approximate surface area is 140 Å². The largest absolute Gasteiger partial charge is 0.478 e. The molecule has 2 aromatic rings. The molecule has 2 rings (SSSR count). The summed E-state index contributed by atoms with van der Waals surface area (Å²) in [5.41, 5.74) is -0.480. The Morgan fingerprint density at radius 1 is 1.25 bits per heavy atom. The molecule has 0 aliphatic carbocycles. The number of hydrogen-bond acceptors (Lipinski definition) is 4. The third kappa shape index (κ3) is 3.49. The van der Waals surface area contributed by atoms with Gasteiger partial charge in [0.25, 0.3) is 0 Å². The number of nitrogens with zero attached hydrogens (tertiary/aromatic N) is 1. The molecule has 7 nitrogen and oxygen atoms in total. The van der Waals surface area contributed by atoms with E-state index < -0.39 is 21.6 Å². The van der Waals surface area contributed by atoms with Gasteiger partial charge in [-0.15, -0.1) is 0 Å². The van der Waals surface area contributed by atoms with Crippen molar-refractivity contribution in [3.63, 3.8) is 0 Å². The number of H-pyrrole nitrogens is 1. The van der Waals surface area contributed by atoms with Crippen molar-refractivity contribution in [1.82, 2.24) is 9.29 Å². The molecule has 1 aromatic carbocycles. The van der Waals surface area contributed by atoms with Gasteiger partial charge in [-0.3, -0.25) is 4.79 Å². The SMILES string of the molecule is CCCCN(CC)S(=O)(=O)c1ccc2[nH]c(=O)cc(C(=O)O)c2c1. The predicted molar refractivity (Wildman–Crippen MR) is 90.9 cm³/mol. The van der Waals surface area contributed by atoms with E-state index in [1.165, 1.54) is 22.5 Å². The van der Waals surface area contributed by atoms with Gasteiger partial charge in [-0.2, -0.15) is 4.31 Å². The van der Waals surface area contributed by atoms with Gasteiger partial charge in [-0.25, -0.2) is 13.2 Å². The third-order valence-corrected chi connectivity index (χ3v) is 5.77. The molecule has 0 saturated heterocycles. The Balaban J connectivity index is 2.61. The zero-order valence-electron chi connectivity index (χ0n) is 13.6. The Kier molecular flexibility index (Phi) is 5.40. The van der Waals surface area contributed by atoms with Crippen LogP contribution in [-0.4, -0.2) is 41.9 Å². The first kappa shape index (κ1) is 18.2. The number of unbranched alkanes of at least 4 members (excludes halogenated alkanes) is 1. The highest BCUT2D eigenvalue weighted by Crippen LogP contribution is 2.23. The van der Waals surface area contributed by atoms with Gasteiger partial charge >= 0.3 is 5.97 Å². The molecule has 0 amide bonds. The lowest BCUT2D eigenvalue weighted by atomic mass is 10.1. The van der Waals surface area contributed by atoms with Crippen LogP contribution in [-0.2, 0) is 10.0 Å². The van der Waals surface area contributed by atoms with Crippen molar-refractivity contribution >= 4 is 26.9 Å². The van der Waals surface area contributed by atoms with E-state index in [-0.39, 0.29) is 21.4 Å². The normalized spacial score (nSPS) is 12.0. The van der Waals surface area contributed by atoms with Crippen LogP contribution in [0.3, 0.4) is 0 Å². The summed E-state index contributed by atoms with van der Waals surface area (Å²) in [5.74, 6) is -1.28. The van der Waals surface area contributed by atoms with Crippen LogP contribution in [0.15, 0.2) is 34.0 Å². The lowest BCUT2D eigenvalue weighted by Gasteiger charge is -2.20. The second kappa shape index (κ2) is 7.14. The number of hydrogen-bond donors (Lipinski definition) is 2. The van der Waals surface area contributed by atoms with Crippen LogP contribution in [0.4, 0.5) is 0 Å². The fraction of sp³-hybridized carbons (Fsp3) is 0.375. The minimum Gasteiger partial charge on any atom is -0.478 e. The number of carboxylic acids is 1. The summed E-state index contributed by atoms with van der Waals surface area (Å²) in [4.78, 5) is 25.4. The second-order valence-corrected chi connectivity index (χ2v) is 7.35. The molecule has 2 N–H and O–H groups in total. The molecule has 0 radical (unpaired) electrons. The second-order valence-electron chi connectivity index (χ2n) is 5.41. The van der Waals surface area contributed by atoms with E-state index in [4.69, 9.17) is 0 Å². The fourth-order valence-electron chi connectivity index (χ4n) is 2.50. The molecule has 0 fully saturated rings. The molecule has 0 aliphatic heterocycles. The summed E-state index contributed by atoms with van der Waals surface area (Å²) in [5, 5.41) is 9.45. The van der Waals surface area contributed by atoms with Crippen molar-refractivity contribution in [2.75, 3.05) is 13.1 Å². The molecule has 24 heavy (non-hydrogen) atoms. The molecule has 130 valence electrons. The number of rotatable bonds is 7. The zero-order valence-corrected chi connectivity index (χ0v) is 14.4. The summed E-state index contributed by atoms with van der Waals surface area (Å²) >= 11 is 0. The highest BCUT2D eigenvalue weighted by molar-refractivity contribution is 7.89.